The minimum Gasteiger partial charge on any atom is -0.243 e. The fourth-order valence-electron chi connectivity index (χ4n) is 3.04. The van der Waals surface area contributed by atoms with E-state index in [4.69, 9.17) is 16.6 Å². The van der Waals surface area contributed by atoms with E-state index >= 15 is 0 Å². The van der Waals surface area contributed by atoms with E-state index in [-0.39, 0.29) is 0 Å². The van der Waals surface area contributed by atoms with Gasteiger partial charge in [-0.25, -0.2) is 9.97 Å². The van der Waals surface area contributed by atoms with Gasteiger partial charge in [0, 0.05) is 25.7 Å². The molecule has 0 aliphatic rings. The van der Waals surface area contributed by atoms with E-state index in [1.807, 2.05) is 24.3 Å². The molecule has 0 N–H and O–H groups in total. The Balaban J connectivity index is 1.76. The quantitative estimate of drug-likeness (QED) is 0.355. The minimum atomic E-state index is 0.439. The summed E-state index contributed by atoms with van der Waals surface area (Å²) in [6.45, 7) is 0. The van der Waals surface area contributed by atoms with Crippen LogP contribution in [0.25, 0.3) is 42.5 Å². The first-order chi connectivity index (χ1) is 11.8. The van der Waals surface area contributed by atoms with E-state index < -0.39 is 0 Å². The van der Waals surface area contributed by atoms with Gasteiger partial charge in [-0.3, -0.25) is 0 Å². The molecule has 0 atom stereocenters. The van der Waals surface area contributed by atoms with Gasteiger partial charge in [0.05, 0.1) is 11.0 Å². The monoisotopic (exact) mass is 346 g/mol. The lowest BCUT2D eigenvalue weighted by Gasteiger charge is -2.05. The van der Waals surface area contributed by atoms with Crippen molar-refractivity contribution in [1.82, 2.24) is 9.97 Å². The normalized spacial score (nSPS) is 11.5. The number of halogens is 1. The van der Waals surface area contributed by atoms with Crippen molar-refractivity contribution in [3.63, 3.8) is 0 Å². The number of fused-ring (bicyclic) bond motifs is 4. The van der Waals surface area contributed by atoms with Crippen LogP contribution in [0.15, 0.2) is 66.7 Å². The van der Waals surface area contributed by atoms with Gasteiger partial charge in [-0.2, -0.15) is 0 Å². The van der Waals surface area contributed by atoms with Crippen molar-refractivity contribution in [3.8, 4) is 11.3 Å². The highest BCUT2D eigenvalue weighted by atomic mass is 35.5. The predicted molar refractivity (Wildman–Crippen MR) is 103 cm³/mol. The molecule has 0 fully saturated rings. The van der Waals surface area contributed by atoms with Gasteiger partial charge >= 0.3 is 0 Å². The third-order valence-electron chi connectivity index (χ3n) is 4.18. The van der Waals surface area contributed by atoms with Crippen LogP contribution in [-0.2, 0) is 0 Å². The first-order valence-corrected chi connectivity index (χ1v) is 8.83. The highest BCUT2D eigenvalue weighted by Gasteiger charge is 2.11. The third-order valence-corrected chi connectivity index (χ3v) is 5.58. The highest BCUT2D eigenvalue weighted by Crippen LogP contribution is 2.37. The van der Waals surface area contributed by atoms with Crippen molar-refractivity contribution in [2.24, 2.45) is 0 Å². The van der Waals surface area contributed by atoms with Crippen LogP contribution in [0, 0.1) is 0 Å². The predicted octanol–water partition coefficient (Wildman–Crippen LogP) is 6.32. The van der Waals surface area contributed by atoms with Crippen LogP contribution in [0.2, 0.25) is 5.15 Å². The molecule has 5 rings (SSSR count). The van der Waals surface area contributed by atoms with E-state index in [0.29, 0.717) is 5.15 Å². The molecule has 2 heterocycles. The summed E-state index contributed by atoms with van der Waals surface area (Å²) in [6, 6.07) is 22.6. The lowest BCUT2D eigenvalue weighted by molar-refractivity contribution is 1.29. The zero-order chi connectivity index (χ0) is 16.1. The molecule has 0 bridgehead atoms. The number of rotatable bonds is 1. The van der Waals surface area contributed by atoms with Crippen LogP contribution in [0.3, 0.4) is 0 Å². The molecular formula is C20H11ClN2S. The fraction of sp³-hybridized carbons (Fsp3) is 0. The van der Waals surface area contributed by atoms with Gasteiger partial charge in [0.15, 0.2) is 5.15 Å². The molecule has 0 aliphatic carbocycles. The number of hydrogen-bond donors (Lipinski definition) is 0. The first kappa shape index (κ1) is 13.9. The molecule has 2 nitrogen and oxygen atoms in total. The first-order valence-electron chi connectivity index (χ1n) is 7.63. The topological polar surface area (TPSA) is 25.8 Å². The number of hydrogen-bond acceptors (Lipinski definition) is 3. The number of nitrogens with zero attached hydrogens (tertiary/aromatic N) is 2. The van der Waals surface area contributed by atoms with Gasteiger partial charge in [-0.15, -0.1) is 11.3 Å². The Labute approximate surface area is 147 Å². The summed E-state index contributed by atoms with van der Waals surface area (Å²) in [6.07, 6.45) is 0. The average molecular weight is 347 g/mol. The highest BCUT2D eigenvalue weighted by molar-refractivity contribution is 7.25. The standard InChI is InChI=1S/C20H11ClN2S/c21-20-19(22-15-6-2-3-7-16(15)23-20)12-9-10-14-13-5-1-4-8-17(13)24-18(14)11-12/h1-11H. The Hall–Kier alpha value is -2.49. The van der Waals surface area contributed by atoms with Crippen LogP contribution >= 0.6 is 22.9 Å². The molecule has 0 unspecified atom stereocenters. The van der Waals surface area contributed by atoms with E-state index in [1.54, 1.807) is 11.3 Å². The van der Waals surface area contributed by atoms with Crippen molar-refractivity contribution in [3.05, 3.63) is 71.9 Å². The Morgan fingerprint density at radius 2 is 1.42 bits per heavy atom. The van der Waals surface area contributed by atoms with Gasteiger partial charge < -0.3 is 0 Å². The second-order valence-corrected chi connectivity index (χ2v) is 7.10. The van der Waals surface area contributed by atoms with E-state index in [9.17, 15) is 0 Å². The van der Waals surface area contributed by atoms with Crippen LogP contribution in [-0.4, -0.2) is 9.97 Å². The molecule has 5 aromatic rings. The average Bonchev–Trinajstić information content (AvgIpc) is 2.99. The largest absolute Gasteiger partial charge is 0.243 e. The van der Waals surface area contributed by atoms with Crippen molar-refractivity contribution in [2.45, 2.75) is 0 Å². The molecule has 0 radical (unpaired) electrons. The Morgan fingerprint density at radius 1 is 0.708 bits per heavy atom. The molecule has 0 amide bonds. The fourth-order valence-corrected chi connectivity index (χ4v) is 4.42. The molecule has 0 aliphatic heterocycles. The molecule has 4 heteroatoms. The maximum atomic E-state index is 6.40. The van der Waals surface area contributed by atoms with Crippen LogP contribution < -0.4 is 0 Å². The number of thiophene rings is 1. The summed E-state index contributed by atoms with van der Waals surface area (Å²) >= 11 is 8.19. The molecule has 3 aromatic carbocycles. The second kappa shape index (κ2) is 5.26. The van der Waals surface area contributed by atoms with Crippen LogP contribution in [0.5, 0.6) is 0 Å². The molecule has 24 heavy (non-hydrogen) atoms. The van der Waals surface area contributed by atoms with Crippen molar-refractivity contribution in [2.75, 3.05) is 0 Å². The maximum Gasteiger partial charge on any atom is 0.156 e. The van der Waals surface area contributed by atoms with Crippen molar-refractivity contribution in [1.29, 1.82) is 0 Å². The molecule has 2 aromatic heterocycles. The van der Waals surface area contributed by atoms with E-state index in [0.717, 1.165) is 22.3 Å². The van der Waals surface area contributed by atoms with Gasteiger partial charge in [-0.05, 0) is 24.3 Å². The van der Waals surface area contributed by atoms with E-state index in [1.165, 1.54) is 20.2 Å². The third kappa shape index (κ3) is 2.09. The Kier molecular flexibility index (Phi) is 3.05. The van der Waals surface area contributed by atoms with Crippen LogP contribution in [0.4, 0.5) is 0 Å². The SMILES string of the molecule is Clc1nc2ccccc2nc1-c1ccc2c(c1)sc1ccccc12. The lowest BCUT2D eigenvalue weighted by Crippen LogP contribution is -1.90. The smallest absolute Gasteiger partial charge is 0.156 e. The van der Waals surface area contributed by atoms with Gasteiger partial charge in [0.1, 0.15) is 5.69 Å². The van der Waals surface area contributed by atoms with E-state index in [2.05, 4.69) is 47.4 Å². The molecule has 0 saturated heterocycles. The lowest BCUT2D eigenvalue weighted by atomic mass is 10.1. The summed E-state index contributed by atoms with van der Waals surface area (Å²) in [4.78, 5) is 9.20. The van der Waals surface area contributed by atoms with Gasteiger partial charge in [-0.1, -0.05) is 54.1 Å². The molecule has 0 saturated carbocycles. The van der Waals surface area contributed by atoms with Gasteiger partial charge in [0.25, 0.3) is 0 Å². The molecule has 0 spiro atoms. The zero-order valence-corrected chi connectivity index (χ0v) is 14.1. The summed E-state index contributed by atoms with van der Waals surface area (Å²) in [5, 5.41) is 3.00. The van der Waals surface area contributed by atoms with Crippen LogP contribution in [0.1, 0.15) is 0 Å². The summed E-state index contributed by atoms with van der Waals surface area (Å²) in [5.41, 5.74) is 3.40. The number of para-hydroxylation sites is 2. The minimum absolute atomic E-state index is 0.439. The van der Waals surface area contributed by atoms with Crippen molar-refractivity contribution < 1.29 is 0 Å². The zero-order valence-electron chi connectivity index (χ0n) is 12.5. The summed E-state index contributed by atoms with van der Waals surface area (Å²) in [7, 11) is 0. The Morgan fingerprint density at radius 3 is 2.29 bits per heavy atom. The van der Waals surface area contributed by atoms with Gasteiger partial charge in [0.2, 0.25) is 0 Å². The van der Waals surface area contributed by atoms with Crippen molar-refractivity contribution >= 4 is 54.1 Å². The summed E-state index contributed by atoms with van der Waals surface area (Å²) < 4.78 is 2.53. The molecule has 114 valence electrons. The number of benzene rings is 3. The number of aromatic nitrogens is 2. The molecular weight excluding hydrogens is 336 g/mol. The maximum absolute atomic E-state index is 6.40. The summed E-state index contributed by atoms with van der Waals surface area (Å²) in [5.74, 6) is 0. The Bertz CT molecular complexity index is 1230. The second-order valence-electron chi connectivity index (χ2n) is 5.66.